The SMILES string of the molecule is CCOC(=O)C1(OCC)N=C(C)OC1C. The topological polar surface area (TPSA) is 57.1 Å². The second-order valence-electron chi connectivity index (χ2n) is 3.24. The molecular weight excluding hydrogens is 198 g/mol. The minimum atomic E-state index is -1.31. The van der Waals surface area contributed by atoms with Crippen LogP contribution in [0.1, 0.15) is 27.7 Å². The summed E-state index contributed by atoms with van der Waals surface area (Å²) in [6.07, 6.45) is -0.448. The summed E-state index contributed by atoms with van der Waals surface area (Å²) >= 11 is 0. The molecule has 15 heavy (non-hydrogen) atoms. The summed E-state index contributed by atoms with van der Waals surface area (Å²) in [6, 6.07) is 0. The van der Waals surface area contributed by atoms with Crippen LogP contribution in [-0.4, -0.2) is 36.9 Å². The third-order valence-electron chi connectivity index (χ3n) is 2.15. The number of hydrogen-bond donors (Lipinski definition) is 0. The third-order valence-corrected chi connectivity index (χ3v) is 2.15. The highest BCUT2D eigenvalue weighted by molar-refractivity contribution is 5.87. The van der Waals surface area contributed by atoms with E-state index in [1.54, 1.807) is 27.7 Å². The number of rotatable bonds is 4. The van der Waals surface area contributed by atoms with E-state index in [2.05, 4.69) is 4.99 Å². The molecule has 86 valence electrons. The molecule has 1 aliphatic heterocycles. The van der Waals surface area contributed by atoms with Crippen LogP contribution in [0.15, 0.2) is 4.99 Å². The fourth-order valence-electron chi connectivity index (χ4n) is 1.56. The van der Waals surface area contributed by atoms with Crippen molar-refractivity contribution in [3.63, 3.8) is 0 Å². The maximum Gasteiger partial charge on any atom is 0.366 e. The van der Waals surface area contributed by atoms with Gasteiger partial charge < -0.3 is 14.2 Å². The Bertz CT molecular complexity index is 277. The van der Waals surface area contributed by atoms with Gasteiger partial charge in [0.05, 0.1) is 6.61 Å². The van der Waals surface area contributed by atoms with E-state index in [1.165, 1.54) is 0 Å². The summed E-state index contributed by atoms with van der Waals surface area (Å²) in [5.74, 6) is -0.0415. The van der Waals surface area contributed by atoms with Crippen molar-refractivity contribution in [3.05, 3.63) is 0 Å². The monoisotopic (exact) mass is 215 g/mol. The fourth-order valence-corrected chi connectivity index (χ4v) is 1.56. The van der Waals surface area contributed by atoms with Gasteiger partial charge in [-0.2, -0.15) is 0 Å². The number of esters is 1. The van der Waals surface area contributed by atoms with Crippen LogP contribution >= 0.6 is 0 Å². The number of carbonyl (C=O) groups excluding carboxylic acids is 1. The number of nitrogens with zero attached hydrogens (tertiary/aromatic N) is 1. The molecule has 0 aliphatic carbocycles. The Kier molecular flexibility index (Phi) is 3.68. The van der Waals surface area contributed by atoms with Crippen molar-refractivity contribution in [2.24, 2.45) is 4.99 Å². The van der Waals surface area contributed by atoms with Crippen molar-refractivity contribution in [3.8, 4) is 0 Å². The molecule has 0 fully saturated rings. The van der Waals surface area contributed by atoms with Gasteiger partial charge in [-0.1, -0.05) is 0 Å². The van der Waals surface area contributed by atoms with Crippen molar-refractivity contribution < 1.29 is 19.0 Å². The third kappa shape index (κ3) is 2.12. The van der Waals surface area contributed by atoms with Gasteiger partial charge in [0, 0.05) is 13.5 Å². The number of hydrogen-bond acceptors (Lipinski definition) is 5. The predicted molar refractivity (Wildman–Crippen MR) is 54.6 cm³/mol. The Hall–Kier alpha value is -1.10. The molecule has 1 aliphatic rings. The van der Waals surface area contributed by atoms with E-state index in [1.807, 2.05) is 0 Å². The lowest BCUT2D eigenvalue weighted by Gasteiger charge is -2.26. The summed E-state index contributed by atoms with van der Waals surface area (Å²) in [6.45, 7) is 7.66. The van der Waals surface area contributed by atoms with Gasteiger partial charge in [0.2, 0.25) is 0 Å². The maximum atomic E-state index is 11.8. The first-order valence-electron chi connectivity index (χ1n) is 5.11. The fraction of sp³-hybridized carbons (Fsp3) is 0.800. The Morgan fingerprint density at radius 3 is 2.60 bits per heavy atom. The van der Waals surface area contributed by atoms with Crippen LogP contribution in [0.5, 0.6) is 0 Å². The Morgan fingerprint density at radius 2 is 2.20 bits per heavy atom. The average Bonchev–Trinajstić information content (AvgIpc) is 2.43. The van der Waals surface area contributed by atoms with E-state index in [-0.39, 0.29) is 0 Å². The normalized spacial score (nSPS) is 29.6. The van der Waals surface area contributed by atoms with Crippen molar-refractivity contribution in [1.29, 1.82) is 0 Å². The molecule has 0 N–H and O–H groups in total. The highest BCUT2D eigenvalue weighted by Gasteiger charge is 2.52. The van der Waals surface area contributed by atoms with E-state index < -0.39 is 17.8 Å². The largest absolute Gasteiger partial charge is 0.472 e. The smallest absolute Gasteiger partial charge is 0.366 e. The molecule has 0 amide bonds. The Balaban J connectivity index is 2.92. The van der Waals surface area contributed by atoms with Gasteiger partial charge in [-0.25, -0.2) is 9.79 Å². The second kappa shape index (κ2) is 4.61. The summed E-state index contributed by atoms with van der Waals surface area (Å²) in [7, 11) is 0. The van der Waals surface area contributed by atoms with Gasteiger partial charge in [0.1, 0.15) is 0 Å². The lowest BCUT2D eigenvalue weighted by atomic mass is 10.1. The van der Waals surface area contributed by atoms with E-state index >= 15 is 0 Å². The molecule has 1 heterocycles. The Labute approximate surface area is 89.4 Å². The number of ether oxygens (including phenoxy) is 3. The first kappa shape index (κ1) is 12.0. The zero-order chi connectivity index (χ0) is 11.5. The summed E-state index contributed by atoms with van der Waals surface area (Å²) in [5.41, 5.74) is -1.31. The molecule has 2 unspecified atom stereocenters. The van der Waals surface area contributed by atoms with E-state index in [4.69, 9.17) is 14.2 Å². The molecule has 0 aromatic heterocycles. The van der Waals surface area contributed by atoms with Gasteiger partial charge in [0.25, 0.3) is 5.72 Å². The van der Waals surface area contributed by atoms with Crippen LogP contribution in [0.3, 0.4) is 0 Å². The minimum Gasteiger partial charge on any atom is -0.472 e. The van der Waals surface area contributed by atoms with Crippen LogP contribution in [-0.2, 0) is 19.0 Å². The number of aliphatic imine (C=N–C) groups is 1. The summed E-state index contributed by atoms with van der Waals surface area (Å²) in [5, 5.41) is 0. The van der Waals surface area contributed by atoms with Crippen molar-refractivity contribution in [2.75, 3.05) is 13.2 Å². The zero-order valence-electron chi connectivity index (χ0n) is 9.57. The maximum absolute atomic E-state index is 11.8. The molecule has 5 heteroatoms. The average molecular weight is 215 g/mol. The van der Waals surface area contributed by atoms with Gasteiger partial charge in [-0.05, 0) is 20.8 Å². The lowest BCUT2D eigenvalue weighted by Crippen LogP contribution is -2.48. The molecule has 0 saturated heterocycles. The van der Waals surface area contributed by atoms with Crippen LogP contribution in [0.25, 0.3) is 0 Å². The van der Waals surface area contributed by atoms with Crippen LogP contribution in [0.2, 0.25) is 0 Å². The molecule has 0 bridgehead atoms. The molecule has 1 rings (SSSR count). The molecule has 0 saturated carbocycles. The minimum absolute atomic E-state index is 0.301. The van der Waals surface area contributed by atoms with E-state index in [0.717, 1.165) is 0 Å². The van der Waals surface area contributed by atoms with Gasteiger partial charge in [-0.15, -0.1) is 0 Å². The highest BCUT2D eigenvalue weighted by Crippen LogP contribution is 2.28. The van der Waals surface area contributed by atoms with Crippen LogP contribution < -0.4 is 0 Å². The van der Waals surface area contributed by atoms with Gasteiger partial charge in [0.15, 0.2) is 12.0 Å². The standard InChI is InChI=1S/C10H17NO4/c1-5-13-9(12)10(14-6-2)7(3)15-8(4)11-10/h7H,5-6H2,1-4H3. The highest BCUT2D eigenvalue weighted by atomic mass is 16.6. The summed E-state index contributed by atoms with van der Waals surface area (Å²) in [4.78, 5) is 15.9. The molecule has 0 radical (unpaired) electrons. The Morgan fingerprint density at radius 1 is 1.53 bits per heavy atom. The van der Waals surface area contributed by atoms with Gasteiger partial charge in [-0.3, -0.25) is 0 Å². The van der Waals surface area contributed by atoms with Crippen molar-refractivity contribution in [2.45, 2.75) is 39.5 Å². The first-order chi connectivity index (χ1) is 7.06. The molecule has 0 aromatic rings. The van der Waals surface area contributed by atoms with Crippen molar-refractivity contribution in [1.82, 2.24) is 0 Å². The van der Waals surface area contributed by atoms with Crippen LogP contribution in [0.4, 0.5) is 0 Å². The lowest BCUT2D eigenvalue weighted by molar-refractivity contribution is -0.179. The molecule has 5 nitrogen and oxygen atoms in total. The number of carbonyl (C=O) groups is 1. The van der Waals surface area contributed by atoms with E-state index in [9.17, 15) is 4.79 Å². The van der Waals surface area contributed by atoms with Crippen LogP contribution in [0, 0.1) is 0 Å². The van der Waals surface area contributed by atoms with E-state index in [0.29, 0.717) is 19.1 Å². The summed E-state index contributed by atoms with van der Waals surface area (Å²) < 4.78 is 15.7. The predicted octanol–water partition coefficient (Wildman–Crippen LogP) is 1.12. The molecule has 2 atom stereocenters. The molecule has 0 aromatic carbocycles. The second-order valence-corrected chi connectivity index (χ2v) is 3.24. The molecular formula is C10H17NO4. The van der Waals surface area contributed by atoms with Gasteiger partial charge >= 0.3 is 5.97 Å². The van der Waals surface area contributed by atoms with Crippen molar-refractivity contribution >= 4 is 11.9 Å². The molecule has 0 spiro atoms. The quantitative estimate of drug-likeness (QED) is 0.659. The first-order valence-corrected chi connectivity index (χ1v) is 5.11. The zero-order valence-corrected chi connectivity index (χ0v) is 9.57.